The SMILES string of the molecule is Nc1ccc2c(c1)CCCC2NC(=O)Cn1cnnn1. The van der Waals surface area contributed by atoms with Crippen LogP contribution in [0, 0.1) is 0 Å². The van der Waals surface area contributed by atoms with Crippen molar-refractivity contribution in [2.75, 3.05) is 5.73 Å². The molecule has 20 heavy (non-hydrogen) atoms. The molecule has 1 unspecified atom stereocenters. The summed E-state index contributed by atoms with van der Waals surface area (Å²) in [5.74, 6) is -0.0908. The van der Waals surface area contributed by atoms with Gasteiger partial charge >= 0.3 is 0 Å². The Hall–Kier alpha value is -2.44. The molecular weight excluding hydrogens is 256 g/mol. The number of fused-ring (bicyclic) bond motifs is 1. The van der Waals surface area contributed by atoms with Crippen LogP contribution in [-0.4, -0.2) is 26.1 Å². The normalized spacial score (nSPS) is 17.5. The Balaban J connectivity index is 1.71. The fourth-order valence-corrected chi connectivity index (χ4v) is 2.62. The number of nitrogens with one attached hydrogen (secondary N) is 1. The largest absolute Gasteiger partial charge is 0.399 e. The van der Waals surface area contributed by atoms with Crippen molar-refractivity contribution in [1.29, 1.82) is 0 Å². The van der Waals surface area contributed by atoms with E-state index in [1.165, 1.54) is 16.6 Å². The van der Waals surface area contributed by atoms with Crippen LogP contribution in [0.3, 0.4) is 0 Å². The Morgan fingerprint density at radius 2 is 2.40 bits per heavy atom. The molecule has 7 heteroatoms. The molecule has 0 fully saturated rings. The van der Waals surface area contributed by atoms with E-state index in [0.717, 1.165) is 30.5 Å². The molecule has 1 aromatic heterocycles. The molecule has 1 atom stereocenters. The summed E-state index contributed by atoms with van der Waals surface area (Å²) in [5, 5.41) is 13.7. The second kappa shape index (κ2) is 5.28. The van der Waals surface area contributed by atoms with Gasteiger partial charge < -0.3 is 11.1 Å². The molecule has 0 bridgehead atoms. The molecule has 0 saturated heterocycles. The summed E-state index contributed by atoms with van der Waals surface area (Å²) in [6.45, 7) is 0.133. The van der Waals surface area contributed by atoms with Crippen LogP contribution in [0.1, 0.15) is 30.0 Å². The van der Waals surface area contributed by atoms with E-state index >= 15 is 0 Å². The molecule has 2 aromatic rings. The van der Waals surface area contributed by atoms with Gasteiger partial charge in [0.25, 0.3) is 0 Å². The fourth-order valence-electron chi connectivity index (χ4n) is 2.62. The van der Waals surface area contributed by atoms with Crippen LogP contribution in [0.5, 0.6) is 0 Å². The van der Waals surface area contributed by atoms with Gasteiger partial charge in [0.1, 0.15) is 12.9 Å². The van der Waals surface area contributed by atoms with Gasteiger partial charge in [-0.1, -0.05) is 6.07 Å². The molecule has 7 nitrogen and oxygen atoms in total. The van der Waals surface area contributed by atoms with Crippen molar-refractivity contribution in [3.05, 3.63) is 35.7 Å². The Bertz CT molecular complexity index is 609. The van der Waals surface area contributed by atoms with Crippen molar-refractivity contribution in [3.8, 4) is 0 Å². The number of anilines is 1. The van der Waals surface area contributed by atoms with Gasteiger partial charge in [-0.2, -0.15) is 0 Å². The number of carbonyl (C=O) groups excluding carboxylic acids is 1. The number of nitrogens with zero attached hydrogens (tertiary/aromatic N) is 4. The van der Waals surface area contributed by atoms with E-state index in [1.807, 2.05) is 18.2 Å². The third-order valence-corrected chi connectivity index (χ3v) is 3.51. The summed E-state index contributed by atoms with van der Waals surface area (Å²) in [6, 6.07) is 5.93. The Kier molecular flexibility index (Phi) is 3.32. The minimum atomic E-state index is -0.0908. The zero-order valence-electron chi connectivity index (χ0n) is 11.0. The van der Waals surface area contributed by atoms with Gasteiger partial charge in [0.15, 0.2) is 0 Å². The number of benzene rings is 1. The van der Waals surface area contributed by atoms with Crippen molar-refractivity contribution in [2.24, 2.45) is 0 Å². The first-order chi connectivity index (χ1) is 9.72. The van der Waals surface area contributed by atoms with Gasteiger partial charge in [-0.3, -0.25) is 4.79 Å². The second-order valence-corrected chi connectivity index (χ2v) is 4.98. The van der Waals surface area contributed by atoms with E-state index in [0.29, 0.717) is 0 Å². The number of hydrogen-bond donors (Lipinski definition) is 2. The molecular formula is C13H16N6O. The number of rotatable bonds is 3. The quantitative estimate of drug-likeness (QED) is 0.790. The highest BCUT2D eigenvalue weighted by Crippen LogP contribution is 2.30. The number of carbonyl (C=O) groups is 1. The number of nitrogen functional groups attached to an aromatic ring is 1. The number of tetrazole rings is 1. The lowest BCUT2D eigenvalue weighted by Gasteiger charge is -2.26. The number of hydrogen-bond acceptors (Lipinski definition) is 5. The van der Waals surface area contributed by atoms with Crippen molar-refractivity contribution >= 4 is 11.6 Å². The van der Waals surface area contributed by atoms with E-state index in [-0.39, 0.29) is 18.5 Å². The number of aromatic nitrogens is 4. The molecule has 0 spiro atoms. The molecule has 3 N–H and O–H groups in total. The number of aryl methyl sites for hydroxylation is 1. The highest BCUT2D eigenvalue weighted by Gasteiger charge is 2.21. The summed E-state index contributed by atoms with van der Waals surface area (Å²) in [7, 11) is 0. The summed E-state index contributed by atoms with van der Waals surface area (Å²) >= 11 is 0. The van der Waals surface area contributed by atoms with Crippen LogP contribution < -0.4 is 11.1 Å². The molecule has 0 saturated carbocycles. The molecule has 1 amide bonds. The third kappa shape index (κ3) is 2.61. The molecule has 0 aliphatic heterocycles. The monoisotopic (exact) mass is 272 g/mol. The number of amides is 1. The summed E-state index contributed by atoms with van der Waals surface area (Å²) in [4.78, 5) is 12.0. The zero-order chi connectivity index (χ0) is 13.9. The van der Waals surface area contributed by atoms with Crippen LogP contribution in [0.15, 0.2) is 24.5 Å². The van der Waals surface area contributed by atoms with Crippen molar-refractivity contribution in [2.45, 2.75) is 31.8 Å². The number of nitrogens with two attached hydrogens (primary N) is 1. The van der Waals surface area contributed by atoms with Crippen LogP contribution in [0.2, 0.25) is 0 Å². The minimum absolute atomic E-state index is 0.0448. The van der Waals surface area contributed by atoms with Crippen molar-refractivity contribution < 1.29 is 4.79 Å². The van der Waals surface area contributed by atoms with Gasteiger partial charge in [0.2, 0.25) is 5.91 Å². The van der Waals surface area contributed by atoms with E-state index in [1.54, 1.807) is 0 Å². The lowest BCUT2D eigenvalue weighted by Crippen LogP contribution is -2.33. The predicted molar refractivity (Wildman–Crippen MR) is 72.5 cm³/mol. The van der Waals surface area contributed by atoms with Crippen LogP contribution >= 0.6 is 0 Å². The van der Waals surface area contributed by atoms with Crippen LogP contribution in [0.4, 0.5) is 5.69 Å². The second-order valence-electron chi connectivity index (χ2n) is 4.98. The highest BCUT2D eigenvalue weighted by atomic mass is 16.2. The molecule has 104 valence electrons. The van der Waals surface area contributed by atoms with Crippen molar-refractivity contribution in [1.82, 2.24) is 25.5 Å². The molecule has 1 aliphatic carbocycles. The summed E-state index contributed by atoms with van der Waals surface area (Å²) < 4.78 is 1.40. The molecule has 1 aromatic carbocycles. The lowest BCUT2D eigenvalue weighted by atomic mass is 9.87. The smallest absolute Gasteiger partial charge is 0.242 e. The van der Waals surface area contributed by atoms with E-state index in [4.69, 9.17) is 5.73 Å². The van der Waals surface area contributed by atoms with Crippen LogP contribution in [-0.2, 0) is 17.8 Å². The van der Waals surface area contributed by atoms with Gasteiger partial charge in [-0.05, 0) is 52.9 Å². The van der Waals surface area contributed by atoms with E-state index in [2.05, 4.69) is 20.8 Å². The molecule has 0 radical (unpaired) electrons. The summed E-state index contributed by atoms with van der Waals surface area (Å²) in [6.07, 6.45) is 4.43. The maximum atomic E-state index is 12.0. The first kappa shape index (κ1) is 12.6. The lowest BCUT2D eigenvalue weighted by molar-refractivity contribution is -0.122. The molecule has 1 aliphatic rings. The average Bonchev–Trinajstić information content (AvgIpc) is 2.91. The summed E-state index contributed by atoms with van der Waals surface area (Å²) in [5.41, 5.74) is 8.96. The fraction of sp³-hybridized carbons (Fsp3) is 0.385. The molecule has 3 rings (SSSR count). The Labute approximate surface area is 116 Å². The first-order valence-corrected chi connectivity index (χ1v) is 6.61. The first-order valence-electron chi connectivity index (χ1n) is 6.61. The Morgan fingerprint density at radius 1 is 1.50 bits per heavy atom. The van der Waals surface area contributed by atoms with E-state index in [9.17, 15) is 4.79 Å². The maximum absolute atomic E-state index is 12.0. The van der Waals surface area contributed by atoms with Gasteiger partial charge in [-0.25, -0.2) is 4.68 Å². The molecule has 1 heterocycles. The predicted octanol–water partition coefficient (Wildman–Crippen LogP) is 0.449. The van der Waals surface area contributed by atoms with Gasteiger partial charge in [-0.15, -0.1) is 5.10 Å². The van der Waals surface area contributed by atoms with Crippen molar-refractivity contribution in [3.63, 3.8) is 0 Å². The van der Waals surface area contributed by atoms with E-state index < -0.39 is 0 Å². The maximum Gasteiger partial charge on any atom is 0.242 e. The standard InChI is InChI=1S/C13H16N6O/c14-10-4-5-11-9(6-10)2-1-3-12(11)16-13(20)7-19-8-15-17-18-19/h4-6,8,12H,1-3,7,14H2,(H,16,20). The average molecular weight is 272 g/mol. The Morgan fingerprint density at radius 3 is 3.20 bits per heavy atom. The zero-order valence-corrected chi connectivity index (χ0v) is 11.0. The highest BCUT2D eigenvalue weighted by molar-refractivity contribution is 5.76. The van der Waals surface area contributed by atoms with Gasteiger partial charge in [0.05, 0.1) is 6.04 Å². The topological polar surface area (TPSA) is 98.7 Å². The third-order valence-electron chi connectivity index (χ3n) is 3.51. The van der Waals surface area contributed by atoms with Gasteiger partial charge in [0, 0.05) is 5.69 Å². The van der Waals surface area contributed by atoms with Crippen LogP contribution in [0.25, 0.3) is 0 Å². The minimum Gasteiger partial charge on any atom is -0.399 e.